The lowest BCUT2D eigenvalue weighted by molar-refractivity contribution is 0.404. The second-order valence-electron chi connectivity index (χ2n) is 2.07. The zero-order valence-electron chi connectivity index (χ0n) is 6.55. The Labute approximate surface area is 65.7 Å². The predicted octanol–water partition coefficient (Wildman–Crippen LogP) is 1.62. The van der Waals surface area contributed by atoms with Gasteiger partial charge in [-0.1, -0.05) is 0 Å². The van der Waals surface area contributed by atoms with Gasteiger partial charge in [-0.15, -0.1) is 0 Å². The largest absolute Gasteiger partial charge is 0.497 e. The van der Waals surface area contributed by atoms with Crippen molar-refractivity contribution in [2.24, 2.45) is 0 Å². The molecule has 0 amide bonds. The molecular weight excluding hydrogens is 142 g/mol. The number of ether oxygens (including phenoxy) is 2. The Morgan fingerprint density at radius 1 is 1.18 bits per heavy atom. The minimum absolute atomic E-state index is 0.340. The maximum atomic E-state index is 7.41. The van der Waals surface area contributed by atoms with E-state index in [9.17, 15) is 0 Å². The molecule has 0 aliphatic rings. The summed E-state index contributed by atoms with van der Waals surface area (Å²) < 4.78 is 9.82. The van der Waals surface area contributed by atoms with E-state index in [1.54, 1.807) is 32.4 Å². The molecule has 1 aromatic carbocycles. The number of hydrogen-bond acceptors (Lipinski definition) is 2. The van der Waals surface area contributed by atoms with E-state index in [2.05, 4.69) is 0 Å². The van der Waals surface area contributed by atoms with E-state index in [0.717, 1.165) is 0 Å². The Hall–Kier alpha value is -1.38. The van der Waals surface area contributed by atoms with Crippen LogP contribution < -0.4 is 15.2 Å². The number of benzene rings is 1. The van der Waals surface area contributed by atoms with Gasteiger partial charge in [0, 0.05) is 6.07 Å². The second kappa shape index (κ2) is 3.14. The summed E-state index contributed by atoms with van der Waals surface area (Å²) in [5.74, 6) is 1.24. The van der Waals surface area contributed by atoms with Crippen molar-refractivity contribution in [2.45, 2.75) is 0 Å². The lowest BCUT2D eigenvalue weighted by atomic mass is 10.3. The van der Waals surface area contributed by atoms with Crippen molar-refractivity contribution in [3.05, 3.63) is 18.2 Å². The minimum Gasteiger partial charge on any atom is -0.497 e. The standard InChI is InChI=1S/C8H10NO2/c1-10-6-3-4-8(11-2)7(9)5-6/h3-5,9H,1-2H3. The minimum atomic E-state index is 0.340. The average molecular weight is 152 g/mol. The molecule has 0 atom stereocenters. The van der Waals surface area contributed by atoms with Gasteiger partial charge in [0.05, 0.1) is 19.9 Å². The quantitative estimate of drug-likeness (QED) is 0.646. The average Bonchev–Trinajstić information content (AvgIpc) is 2.04. The Kier molecular flexibility index (Phi) is 2.21. The van der Waals surface area contributed by atoms with Gasteiger partial charge in [0.15, 0.2) is 0 Å². The highest BCUT2D eigenvalue weighted by Gasteiger charge is 1.99. The zero-order chi connectivity index (χ0) is 8.27. The van der Waals surface area contributed by atoms with Crippen LogP contribution >= 0.6 is 0 Å². The molecule has 1 N–H and O–H groups in total. The van der Waals surface area contributed by atoms with E-state index in [-0.39, 0.29) is 0 Å². The zero-order valence-corrected chi connectivity index (χ0v) is 6.55. The Bertz CT molecular complexity index is 248. The Balaban J connectivity index is 2.99. The molecule has 0 fully saturated rings. The van der Waals surface area contributed by atoms with Crippen molar-refractivity contribution < 1.29 is 9.47 Å². The summed E-state index contributed by atoms with van der Waals surface area (Å²) in [6.07, 6.45) is 0. The van der Waals surface area contributed by atoms with Crippen molar-refractivity contribution in [1.82, 2.24) is 5.73 Å². The van der Waals surface area contributed by atoms with Crippen LogP contribution in [0.25, 0.3) is 0 Å². The second-order valence-corrected chi connectivity index (χ2v) is 2.07. The first-order valence-electron chi connectivity index (χ1n) is 3.21. The van der Waals surface area contributed by atoms with Crippen LogP contribution in [0.1, 0.15) is 0 Å². The number of rotatable bonds is 2. The van der Waals surface area contributed by atoms with Crippen LogP contribution in [0.4, 0.5) is 5.69 Å². The van der Waals surface area contributed by atoms with E-state index in [4.69, 9.17) is 15.2 Å². The maximum Gasteiger partial charge on any atom is 0.144 e. The number of nitrogens with one attached hydrogen (secondary N) is 1. The van der Waals surface area contributed by atoms with Gasteiger partial charge in [0.2, 0.25) is 0 Å². The smallest absolute Gasteiger partial charge is 0.144 e. The Morgan fingerprint density at radius 2 is 1.91 bits per heavy atom. The van der Waals surface area contributed by atoms with E-state index < -0.39 is 0 Å². The third-order valence-electron chi connectivity index (χ3n) is 1.41. The molecule has 11 heavy (non-hydrogen) atoms. The fourth-order valence-electron chi connectivity index (χ4n) is 0.814. The molecule has 0 aromatic heterocycles. The molecule has 59 valence electrons. The van der Waals surface area contributed by atoms with Crippen LogP contribution in [-0.4, -0.2) is 14.2 Å². The molecule has 0 saturated heterocycles. The van der Waals surface area contributed by atoms with Gasteiger partial charge in [-0.3, -0.25) is 5.73 Å². The van der Waals surface area contributed by atoms with Crippen LogP contribution in [0.5, 0.6) is 11.5 Å². The summed E-state index contributed by atoms with van der Waals surface area (Å²) in [6.45, 7) is 0. The fourth-order valence-corrected chi connectivity index (χ4v) is 0.814. The van der Waals surface area contributed by atoms with Gasteiger partial charge < -0.3 is 9.47 Å². The van der Waals surface area contributed by atoms with Gasteiger partial charge in [0.25, 0.3) is 0 Å². The fraction of sp³-hybridized carbons (Fsp3) is 0.250. The third-order valence-corrected chi connectivity index (χ3v) is 1.41. The molecular formula is C8H10NO2. The molecule has 1 rings (SSSR count). The summed E-state index contributed by atoms with van der Waals surface area (Å²) in [6, 6.07) is 5.08. The molecule has 1 aromatic rings. The van der Waals surface area contributed by atoms with Crippen molar-refractivity contribution in [2.75, 3.05) is 14.2 Å². The summed E-state index contributed by atoms with van der Waals surface area (Å²) in [5, 5.41) is 0. The van der Waals surface area contributed by atoms with Gasteiger partial charge in [-0.2, -0.15) is 0 Å². The summed E-state index contributed by atoms with van der Waals surface area (Å²) in [4.78, 5) is 0. The van der Waals surface area contributed by atoms with Crippen LogP contribution in [0.15, 0.2) is 18.2 Å². The highest BCUT2D eigenvalue weighted by atomic mass is 16.5. The van der Waals surface area contributed by atoms with Crippen molar-refractivity contribution in [1.29, 1.82) is 0 Å². The maximum absolute atomic E-state index is 7.41. The first kappa shape index (κ1) is 7.72. The summed E-state index contributed by atoms with van der Waals surface area (Å²) in [7, 11) is 3.11. The molecule has 0 unspecified atom stereocenters. The normalized spacial score (nSPS) is 9.27. The number of hydrogen-bond donors (Lipinski definition) is 0. The van der Waals surface area contributed by atoms with Crippen LogP contribution in [0, 0.1) is 0 Å². The first-order valence-corrected chi connectivity index (χ1v) is 3.21. The highest BCUT2D eigenvalue weighted by Crippen LogP contribution is 2.26. The topological polar surface area (TPSA) is 42.3 Å². The SMILES string of the molecule is COc1ccc(OC)c([NH])c1. The lowest BCUT2D eigenvalue weighted by Gasteiger charge is -2.04. The molecule has 0 heterocycles. The van der Waals surface area contributed by atoms with Gasteiger partial charge >= 0.3 is 0 Å². The van der Waals surface area contributed by atoms with Crippen molar-refractivity contribution in [3.63, 3.8) is 0 Å². The molecule has 0 bridgehead atoms. The monoisotopic (exact) mass is 152 g/mol. The summed E-state index contributed by atoms with van der Waals surface area (Å²) in [5.41, 5.74) is 7.75. The van der Waals surface area contributed by atoms with Crippen LogP contribution in [-0.2, 0) is 0 Å². The molecule has 1 radical (unpaired) electrons. The van der Waals surface area contributed by atoms with Gasteiger partial charge in [-0.05, 0) is 12.1 Å². The molecule has 0 saturated carbocycles. The molecule has 3 nitrogen and oxygen atoms in total. The Morgan fingerprint density at radius 3 is 2.36 bits per heavy atom. The first-order chi connectivity index (χ1) is 5.27. The van der Waals surface area contributed by atoms with Gasteiger partial charge in [-0.25, -0.2) is 0 Å². The third kappa shape index (κ3) is 1.55. The van der Waals surface area contributed by atoms with E-state index in [0.29, 0.717) is 17.2 Å². The highest BCUT2D eigenvalue weighted by molar-refractivity contribution is 5.53. The van der Waals surface area contributed by atoms with E-state index in [1.165, 1.54) is 0 Å². The summed E-state index contributed by atoms with van der Waals surface area (Å²) >= 11 is 0. The van der Waals surface area contributed by atoms with Gasteiger partial charge in [0.1, 0.15) is 11.5 Å². The molecule has 0 aliphatic carbocycles. The van der Waals surface area contributed by atoms with Crippen LogP contribution in [0.3, 0.4) is 0 Å². The van der Waals surface area contributed by atoms with Crippen molar-refractivity contribution >= 4 is 5.69 Å². The lowest BCUT2D eigenvalue weighted by Crippen LogP contribution is -1.87. The van der Waals surface area contributed by atoms with E-state index in [1.807, 2.05) is 0 Å². The molecule has 0 aliphatic heterocycles. The number of methoxy groups -OCH3 is 2. The van der Waals surface area contributed by atoms with Crippen LogP contribution in [0.2, 0.25) is 0 Å². The molecule has 0 spiro atoms. The van der Waals surface area contributed by atoms with Crippen molar-refractivity contribution in [3.8, 4) is 11.5 Å². The van der Waals surface area contributed by atoms with E-state index >= 15 is 0 Å². The molecule has 3 heteroatoms. The predicted molar refractivity (Wildman–Crippen MR) is 42.3 cm³/mol.